The number of H-pyrrole nitrogens is 1. The normalized spacial score (nSPS) is 15.4. The maximum absolute atomic E-state index is 10.7. The van der Waals surface area contributed by atoms with E-state index in [2.05, 4.69) is 12.0 Å². The highest BCUT2D eigenvalue weighted by Crippen LogP contribution is 2.05. The monoisotopic (exact) mass is 265 g/mol. The van der Waals surface area contributed by atoms with Crippen LogP contribution in [0.25, 0.3) is 0 Å². The molecule has 1 aromatic heterocycles. The Bertz CT molecular complexity index is 458. The fourth-order valence-corrected chi connectivity index (χ4v) is 2.26. The molecule has 1 aliphatic heterocycles. The van der Waals surface area contributed by atoms with E-state index < -0.39 is 0 Å². The zero-order valence-corrected chi connectivity index (χ0v) is 11.7. The van der Waals surface area contributed by atoms with Crippen molar-refractivity contribution < 1.29 is 4.90 Å². The molecule has 1 aliphatic rings. The molecule has 1 saturated heterocycles. The predicted molar refractivity (Wildman–Crippen MR) is 72.6 cm³/mol. The molecule has 0 bridgehead atoms. The highest BCUT2D eigenvalue weighted by atomic mass is 32.1. The van der Waals surface area contributed by atoms with Crippen LogP contribution in [0.5, 0.6) is 0 Å². The average molecular weight is 265 g/mol. The fraction of sp³-hybridized carbons (Fsp3) is 0.538. The van der Waals surface area contributed by atoms with Gasteiger partial charge in [-0.05, 0) is 31.7 Å². The molecular weight excluding hydrogens is 246 g/mol. The summed E-state index contributed by atoms with van der Waals surface area (Å²) in [7, 11) is 2.28. The van der Waals surface area contributed by atoms with Gasteiger partial charge >= 0.3 is 0 Å². The first-order valence-electron chi connectivity index (χ1n) is 6.17. The van der Waals surface area contributed by atoms with Gasteiger partial charge in [-0.1, -0.05) is 5.03 Å². The number of hydrogen-bond acceptors (Lipinski definition) is 3. The SMILES string of the molecule is C[NH+]1CCCCC1.Cc1cc(=O)[nH]c([S-])c1C#N. The van der Waals surface area contributed by atoms with Crippen LogP contribution in [0.15, 0.2) is 15.9 Å². The first kappa shape index (κ1) is 14.7. The minimum absolute atomic E-state index is 0.220. The van der Waals surface area contributed by atoms with Crippen molar-refractivity contribution in [2.75, 3.05) is 20.1 Å². The van der Waals surface area contributed by atoms with Crippen LogP contribution in [0.3, 0.4) is 0 Å². The Morgan fingerprint density at radius 1 is 1.39 bits per heavy atom. The van der Waals surface area contributed by atoms with Crippen LogP contribution in [0.2, 0.25) is 0 Å². The second-order valence-electron chi connectivity index (χ2n) is 4.65. The lowest BCUT2D eigenvalue weighted by Gasteiger charge is -2.17. The maximum Gasteiger partial charge on any atom is 0.246 e. The molecule has 0 atom stereocenters. The number of aromatic nitrogens is 1. The number of nitriles is 1. The Balaban J connectivity index is 0.000000199. The summed E-state index contributed by atoms with van der Waals surface area (Å²) in [4.78, 5) is 14.8. The van der Waals surface area contributed by atoms with Crippen LogP contribution in [0.1, 0.15) is 30.4 Å². The lowest BCUT2D eigenvalue weighted by molar-refractivity contribution is -0.884. The molecule has 1 fully saturated rings. The summed E-state index contributed by atoms with van der Waals surface area (Å²) < 4.78 is 0. The third kappa shape index (κ3) is 4.47. The van der Waals surface area contributed by atoms with Crippen LogP contribution in [0, 0.1) is 18.3 Å². The van der Waals surface area contributed by atoms with Crippen molar-refractivity contribution in [2.45, 2.75) is 31.2 Å². The molecule has 2 N–H and O–H groups in total. The molecular formula is C13H19N3OS. The predicted octanol–water partition coefficient (Wildman–Crippen LogP) is 0.146. The number of aromatic amines is 1. The Morgan fingerprint density at radius 3 is 2.39 bits per heavy atom. The number of nitrogens with zero attached hydrogens (tertiary/aromatic N) is 1. The lowest BCUT2D eigenvalue weighted by Crippen LogP contribution is -3.09. The van der Waals surface area contributed by atoms with E-state index >= 15 is 0 Å². The van der Waals surface area contributed by atoms with Gasteiger partial charge < -0.3 is 22.5 Å². The van der Waals surface area contributed by atoms with Crippen LogP contribution < -0.4 is 10.5 Å². The quantitative estimate of drug-likeness (QED) is 0.656. The Labute approximate surface area is 113 Å². The Morgan fingerprint density at radius 2 is 2.00 bits per heavy atom. The molecule has 98 valence electrons. The Hall–Kier alpha value is -1.38. The molecule has 0 saturated carbocycles. The summed E-state index contributed by atoms with van der Waals surface area (Å²) in [5.41, 5.74) is 0.743. The summed E-state index contributed by atoms with van der Waals surface area (Å²) >= 11 is 4.75. The maximum atomic E-state index is 10.7. The third-order valence-corrected chi connectivity index (χ3v) is 3.33. The zero-order chi connectivity index (χ0) is 13.5. The second kappa shape index (κ2) is 7.14. The largest absolute Gasteiger partial charge is 0.761 e. The van der Waals surface area contributed by atoms with Crippen molar-refractivity contribution in [1.82, 2.24) is 4.98 Å². The summed E-state index contributed by atoms with van der Waals surface area (Å²) in [6.07, 6.45) is 4.37. The first-order valence-corrected chi connectivity index (χ1v) is 6.57. The zero-order valence-electron chi connectivity index (χ0n) is 10.9. The van der Waals surface area contributed by atoms with Gasteiger partial charge in [-0.2, -0.15) is 5.26 Å². The van der Waals surface area contributed by atoms with Gasteiger partial charge in [-0.25, -0.2) is 0 Å². The van der Waals surface area contributed by atoms with Gasteiger partial charge in [-0.3, -0.25) is 4.79 Å². The number of pyridine rings is 1. The smallest absolute Gasteiger partial charge is 0.246 e. The minimum atomic E-state index is -0.258. The number of aryl methyl sites for hydroxylation is 1. The molecule has 18 heavy (non-hydrogen) atoms. The van der Waals surface area contributed by atoms with Crippen molar-refractivity contribution in [2.24, 2.45) is 0 Å². The topological polar surface area (TPSA) is 61.1 Å². The molecule has 0 aromatic carbocycles. The molecule has 2 heterocycles. The fourth-order valence-electron chi connectivity index (χ4n) is 1.95. The van der Waals surface area contributed by atoms with Gasteiger partial charge in [0.25, 0.3) is 0 Å². The molecule has 0 aliphatic carbocycles. The molecule has 0 spiro atoms. The summed E-state index contributed by atoms with van der Waals surface area (Å²) in [5, 5.41) is 8.77. The van der Waals surface area contributed by atoms with Gasteiger partial charge in [0, 0.05) is 6.07 Å². The van der Waals surface area contributed by atoms with Crippen LogP contribution >= 0.6 is 0 Å². The summed E-state index contributed by atoms with van der Waals surface area (Å²) in [5.74, 6) is 0. The van der Waals surface area contributed by atoms with E-state index in [1.165, 1.54) is 38.4 Å². The van der Waals surface area contributed by atoms with Crippen molar-refractivity contribution in [1.29, 1.82) is 5.26 Å². The first-order chi connectivity index (χ1) is 8.54. The van der Waals surface area contributed by atoms with Gasteiger partial charge in [0.05, 0.1) is 31.8 Å². The standard InChI is InChI=1S/C7H6N2OS.C6H13N/c1-4-2-6(10)9-7(11)5(4)3-8;1-7-5-3-2-4-6-7/h2H,1H3,(H2,9,10,11);2-6H2,1H3. The van der Waals surface area contributed by atoms with Crippen LogP contribution in [0.4, 0.5) is 0 Å². The van der Waals surface area contributed by atoms with Crippen molar-refractivity contribution in [3.8, 4) is 6.07 Å². The van der Waals surface area contributed by atoms with E-state index in [0.29, 0.717) is 11.1 Å². The Kier molecular flexibility index (Phi) is 5.83. The number of nitrogens with one attached hydrogen (secondary N) is 2. The molecule has 5 heteroatoms. The van der Waals surface area contributed by atoms with Crippen molar-refractivity contribution >= 4 is 12.6 Å². The van der Waals surface area contributed by atoms with E-state index in [9.17, 15) is 4.79 Å². The molecule has 1 aromatic rings. The van der Waals surface area contributed by atoms with E-state index in [-0.39, 0.29) is 10.6 Å². The van der Waals surface area contributed by atoms with E-state index in [1.807, 2.05) is 6.07 Å². The van der Waals surface area contributed by atoms with Crippen molar-refractivity contribution in [3.05, 3.63) is 27.5 Å². The molecule has 0 radical (unpaired) electrons. The molecule has 0 unspecified atom stereocenters. The van der Waals surface area contributed by atoms with E-state index in [1.54, 1.807) is 11.8 Å². The molecule has 2 rings (SSSR count). The number of quaternary nitrogens is 1. The number of hydrogen-bond donors (Lipinski definition) is 2. The summed E-state index contributed by atoms with van der Waals surface area (Å²) in [6.45, 7) is 4.49. The van der Waals surface area contributed by atoms with Crippen LogP contribution in [-0.2, 0) is 12.6 Å². The van der Waals surface area contributed by atoms with E-state index in [4.69, 9.17) is 17.9 Å². The number of piperidine rings is 1. The molecule has 0 amide bonds. The third-order valence-electron chi connectivity index (χ3n) is 3.02. The number of rotatable bonds is 0. The second-order valence-corrected chi connectivity index (χ2v) is 5.06. The van der Waals surface area contributed by atoms with Crippen LogP contribution in [-0.4, -0.2) is 25.1 Å². The molecule has 4 nitrogen and oxygen atoms in total. The summed E-state index contributed by atoms with van der Waals surface area (Å²) in [6, 6.07) is 3.27. The van der Waals surface area contributed by atoms with Gasteiger partial charge in [0.15, 0.2) is 0 Å². The average Bonchev–Trinajstić information content (AvgIpc) is 2.30. The van der Waals surface area contributed by atoms with Gasteiger partial charge in [0.1, 0.15) is 0 Å². The lowest BCUT2D eigenvalue weighted by atomic mass is 10.1. The highest BCUT2D eigenvalue weighted by molar-refractivity contribution is 7.58. The number of likely N-dealkylation sites (tertiary alicyclic amines) is 1. The highest BCUT2D eigenvalue weighted by Gasteiger charge is 2.05. The minimum Gasteiger partial charge on any atom is -0.761 e. The van der Waals surface area contributed by atoms with E-state index in [0.717, 1.165) is 0 Å². The van der Waals surface area contributed by atoms with Gasteiger partial charge in [-0.15, -0.1) is 0 Å². The van der Waals surface area contributed by atoms with Gasteiger partial charge in [0.2, 0.25) is 5.56 Å². The van der Waals surface area contributed by atoms with Crippen molar-refractivity contribution in [3.63, 3.8) is 0 Å².